The Hall–Kier alpha value is -2.04. The lowest BCUT2D eigenvalue weighted by Gasteiger charge is -2.21. The van der Waals surface area contributed by atoms with Gasteiger partial charge in [-0.2, -0.15) is 0 Å². The molecule has 0 aliphatic heterocycles. The Labute approximate surface area is 391 Å². The summed E-state index contributed by atoms with van der Waals surface area (Å²) in [7, 11) is -4.73. The molecule has 0 saturated carbocycles. The molecule has 0 aromatic rings. The van der Waals surface area contributed by atoms with Crippen LogP contribution in [0.4, 0.5) is 0 Å². The van der Waals surface area contributed by atoms with Gasteiger partial charge in [0.15, 0.2) is 6.10 Å². The van der Waals surface area contributed by atoms with Gasteiger partial charge in [0.2, 0.25) is 0 Å². The fourth-order valence-corrected chi connectivity index (χ4v) is 8.11. The van der Waals surface area contributed by atoms with Crippen LogP contribution in [0, 0.1) is 0 Å². The fraction of sp³-hybridized carbons (Fsp3) is 0.865. The molecular formula is C52H97O11P. The number of carbonyl (C=O) groups is 3. The van der Waals surface area contributed by atoms with E-state index in [0.29, 0.717) is 19.3 Å². The molecule has 11 nitrogen and oxygen atoms in total. The zero-order valence-corrected chi connectivity index (χ0v) is 42.2. The van der Waals surface area contributed by atoms with Gasteiger partial charge in [-0.1, -0.05) is 206 Å². The fourth-order valence-electron chi connectivity index (χ4n) is 7.33. The van der Waals surface area contributed by atoms with Gasteiger partial charge in [0.25, 0.3) is 0 Å². The summed E-state index contributed by atoms with van der Waals surface area (Å²) >= 11 is 0. The highest BCUT2D eigenvalue weighted by Gasteiger charge is 2.28. The predicted molar refractivity (Wildman–Crippen MR) is 261 cm³/mol. The van der Waals surface area contributed by atoms with Gasteiger partial charge in [-0.05, 0) is 51.4 Å². The van der Waals surface area contributed by atoms with E-state index >= 15 is 0 Å². The lowest BCUT2D eigenvalue weighted by atomic mass is 10.1. The molecule has 64 heavy (non-hydrogen) atoms. The van der Waals surface area contributed by atoms with Gasteiger partial charge in [-0.15, -0.1) is 0 Å². The predicted octanol–water partition coefficient (Wildman–Crippen LogP) is 14.7. The van der Waals surface area contributed by atoms with E-state index in [1.807, 2.05) is 0 Å². The molecule has 2 N–H and O–H groups in total. The second kappa shape index (κ2) is 47.5. The second-order valence-corrected chi connectivity index (χ2v) is 19.2. The average molecular weight is 929 g/mol. The number of aliphatic hydroxyl groups is 1. The number of allylic oxidation sites excluding steroid dienone is 4. The van der Waals surface area contributed by atoms with Gasteiger partial charge in [0, 0.05) is 19.3 Å². The van der Waals surface area contributed by atoms with Crippen LogP contribution in [0.3, 0.4) is 0 Å². The summed E-state index contributed by atoms with van der Waals surface area (Å²) in [4.78, 5) is 48.2. The van der Waals surface area contributed by atoms with Crippen molar-refractivity contribution in [1.29, 1.82) is 0 Å². The molecule has 0 radical (unpaired) electrons. The number of rotatable bonds is 49. The van der Waals surface area contributed by atoms with Crippen molar-refractivity contribution >= 4 is 25.7 Å². The Morgan fingerprint density at radius 2 is 0.766 bits per heavy atom. The van der Waals surface area contributed by atoms with Crippen molar-refractivity contribution in [2.45, 2.75) is 264 Å². The van der Waals surface area contributed by atoms with E-state index in [0.717, 1.165) is 70.6 Å². The molecule has 0 aliphatic carbocycles. The molecule has 3 unspecified atom stereocenters. The monoisotopic (exact) mass is 929 g/mol. The normalized spacial score (nSPS) is 13.6. The zero-order chi connectivity index (χ0) is 47.0. The molecule has 0 aliphatic rings. The van der Waals surface area contributed by atoms with Crippen molar-refractivity contribution in [1.82, 2.24) is 0 Å². The molecule has 0 bridgehead atoms. The Morgan fingerprint density at radius 1 is 0.438 bits per heavy atom. The first-order chi connectivity index (χ1) is 31.2. The summed E-state index contributed by atoms with van der Waals surface area (Å²) in [5.74, 6) is -1.46. The van der Waals surface area contributed by atoms with Crippen LogP contribution >= 0.6 is 7.82 Å². The highest BCUT2D eigenvalue weighted by atomic mass is 31.2. The average Bonchev–Trinajstić information content (AvgIpc) is 3.28. The number of phosphoric acid groups is 1. The summed E-state index contributed by atoms with van der Waals surface area (Å²) < 4.78 is 39.3. The first-order valence-electron chi connectivity index (χ1n) is 26.2. The zero-order valence-electron chi connectivity index (χ0n) is 41.3. The lowest BCUT2D eigenvalue weighted by molar-refractivity contribution is -0.161. The molecule has 0 aromatic heterocycles. The van der Waals surface area contributed by atoms with Crippen molar-refractivity contribution in [2.75, 3.05) is 26.4 Å². The summed E-state index contributed by atoms with van der Waals surface area (Å²) in [5, 5.41) is 9.73. The largest absolute Gasteiger partial charge is 0.472 e. The van der Waals surface area contributed by atoms with Crippen LogP contribution in [0.1, 0.15) is 252 Å². The minimum absolute atomic E-state index is 0.172. The van der Waals surface area contributed by atoms with Crippen LogP contribution in [0.2, 0.25) is 0 Å². The molecule has 0 aromatic carbocycles. The maximum absolute atomic E-state index is 12.8. The van der Waals surface area contributed by atoms with E-state index in [2.05, 4.69) is 45.1 Å². The van der Waals surface area contributed by atoms with E-state index in [1.54, 1.807) is 0 Å². The van der Waals surface area contributed by atoms with Gasteiger partial charge >= 0.3 is 25.7 Å². The summed E-state index contributed by atoms with van der Waals surface area (Å²) in [6.07, 6.45) is 44.4. The molecule has 0 saturated heterocycles. The van der Waals surface area contributed by atoms with Crippen LogP contribution < -0.4 is 0 Å². The van der Waals surface area contributed by atoms with Gasteiger partial charge in [0.05, 0.1) is 19.8 Å². The number of hydrogen-bond acceptors (Lipinski definition) is 10. The maximum Gasteiger partial charge on any atom is 0.472 e. The lowest BCUT2D eigenvalue weighted by Crippen LogP contribution is -2.30. The molecule has 3 atom stereocenters. The smallest absolute Gasteiger partial charge is 0.462 e. The van der Waals surface area contributed by atoms with E-state index in [-0.39, 0.29) is 25.9 Å². The van der Waals surface area contributed by atoms with Crippen LogP contribution in [0.15, 0.2) is 24.3 Å². The molecule has 0 amide bonds. The molecule has 0 rings (SSSR count). The Bertz CT molecular complexity index is 1180. The third kappa shape index (κ3) is 45.1. The van der Waals surface area contributed by atoms with E-state index in [1.165, 1.54) is 122 Å². The first kappa shape index (κ1) is 62.0. The number of aliphatic hydroxyl groups excluding tert-OH is 1. The third-order valence-corrected chi connectivity index (χ3v) is 12.3. The first-order valence-corrected chi connectivity index (χ1v) is 27.7. The molecule has 0 spiro atoms. The Morgan fingerprint density at radius 3 is 1.19 bits per heavy atom. The number of phosphoric ester groups is 1. The molecule has 0 fully saturated rings. The minimum atomic E-state index is -4.73. The van der Waals surface area contributed by atoms with Gasteiger partial charge in [-0.3, -0.25) is 23.4 Å². The van der Waals surface area contributed by atoms with Crippen molar-refractivity contribution in [3.8, 4) is 0 Å². The van der Waals surface area contributed by atoms with Crippen LogP contribution in [-0.2, 0) is 42.2 Å². The van der Waals surface area contributed by atoms with Crippen molar-refractivity contribution in [3.05, 3.63) is 24.3 Å². The topological polar surface area (TPSA) is 155 Å². The highest BCUT2D eigenvalue weighted by Crippen LogP contribution is 2.43. The number of carbonyl (C=O) groups excluding carboxylic acids is 3. The molecule has 376 valence electrons. The molecule has 12 heteroatoms. The van der Waals surface area contributed by atoms with E-state index in [9.17, 15) is 28.9 Å². The van der Waals surface area contributed by atoms with E-state index in [4.69, 9.17) is 23.3 Å². The molecular weight excluding hydrogens is 832 g/mol. The summed E-state index contributed by atoms with van der Waals surface area (Å²) in [6, 6.07) is 0. The van der Waals surface area contributed by atoms with Crippen molar-refractivity contribution in [2.24, 2.45) is 0 Å². The summed E-state index contributed by atoms with van der Waals surface area (Å²) in [6.45, 7) is 4.59. The quantitative estimate of drug-likeness (QED) is 0.0197. The summed E-state index contributed by atoms with van der Waals surface area (Å²) in [5.41, 5.74) is 0. The Balaban J connectivity index is 4.69. The van der Waals surface area contributed by atoms with Crippen LogP contribution in [-0.4, -0.2) is 66.5 Å². The van der Waals surface area contributed by atoms with Crippen molar-refractivity contribution < 1.29 is 52.2 Å². The third-order valence-electron chi connectivity index (χ3n) is 11.4. The van der Waals surface area contributed by atoms with Crippen molar-refractivity contribution in [3.63, 3.8) is 0 Å². The Kier molecular flexibility index (Phi) is 45.9. The second-order valence-electron chi connectivity index (χ2n) is 17.7. The van der Waals surface area contributed by atoms with Crippen LogP contribution in [0.25, 0.3) is 0 Å². The van der Waals surface area contributed by atoms with Gasteiger partial charge in [0.1, 0.15) is 12.7 Å². The standard InChI is InChI=1S/C52H97O11P/c1-4-7-10-13-16-19-21-22-23-24-25-26-28-30-32-35-38-41-50(54)59-45-49(63-52(56)43-40-37-34-31-27-20-17-14-11-8-5-2)47-61-64(57,58)60-46-48(44-53)62-51(55)42-39-36-33-29-18-15-12-9-6-3/h16,19,22-23,48-49,53H,4-15,17-18,20-21,24-47H2,1-3H3,(H,57,58)/b19-16-,23-22-. The van der Waals surface area contributed by atoms with E-state index < -0.39 is 57.8 Å². The SMILES string of the molecule is CCCCC/C=C\C/C=C\CCCCCCCCCC(=O)OCC(COP(=O)(O)OCC(CO)OC(=O)CCCCCCCCCCC)OC(=O)CCCCCCCCCCCCC. The van der Waals surface area contributed by atoms with Gasteiger partial charge < -0.3 is 24.2 Å². The highest BCUT2D eigenvalue weighted by molar-refractivity contribution is 7.47. The van der Waals surface area contributed by atoms with Crippen LogP contribution in [0.5, 0.6) is 0 Å². The minimum Gasteiger partial charge on any atom is -0.462 e. The number of hydrogen-bond donors (Lipinski definition) is 2. The molecule has 0 heterocycles. The number of unbranched alkanes of at least 4 members (excludes halogenated alkanes) is 28. The van der Waals surface area contributed by atoms with Gasteiger partial charge in [-0.25, -0.2) is 4.57 Å². The number of ether oxygens (including phenoxy) is 3. The maximum atomic E-state index is 12.8. The number of esters is 3.